The predicted molar refractivity (Wildman–Crippen MR) is 73.2 cm³/mol. The minimum absolute atomic E-state index is 0.215. The summed E-state index contributed by atoms with van der Waals surface area (Å²) in [7, 11) is 0. The summed E-state index contributed by atoms with van der Waals surface area (Å²) in [5, 5.41) is 0. The zero-order valence-electron chi connectivity index (χ0n) is 11.4. The van der Waals surface area contributed by atoms with Crippen molar-refractivity contribution in [2.45, 2.75) is 25.6 Å². The lowest BCUT2D eigenvalue weighted by molar-refractivity contribution is -0.137. The van der Waals surface area contributed by atoms with Gasteiger partial charge in [0.05, 0.1) is 5.56 Å². The molecule has 0 aliphatic rings. The largest absolute Gasteiger partial charge is 0.416 e. The number of nitrogens with two attached hydrogens (primary N) is 1. The first kappa shape index (κ1) is 15.5. The van der Waals surface area contributed by atoms with Crippen LogP contribution in [0, 0.1) is 12.7 Å². The summed E-state index contributed by atoms with van der Waals surface area (Å²) in [4.78, 5) is 0. The molecule has 0 aliphatic carbocycles. The van der Waals surface area contributed by atoms with E-state index < -0.39 is 17.8 Å². The summed E-state index contributed by atoms with van der Waals surface area (Å²) in [5.74, 6) is -0.369. The highest BCUT2D eigenvalue weighted by Gasteiger charge is 2.30. The first-order chi connectivity index (χ1) is 9.77. The topological polar surface area (TPSA) is 26.0 Å². The molecule has 2 N–H and O–H groups in total. The Hall–Kier alpha value is -1.88. The minimum atomic E-state index is -4.38. The lowest BCUT2D eigenvalue weighted by atomic mass is 9.97. The molecule has 0 bridgehead atoms. The molecule has 21 heavy (non-hydrogen) atoms. The maximum absolute atomic E-state index is 13.5. The molecule has 1 nitrogen and oxygen atoms in total. The van der Waals surface area contributed by atoms with Crippen molar-refractivity contribution in [3.8, 4) is 0 Å². The summed E-state index contributed by atoms with van der Waals surface area (Å²) in [6.45, 7) is 1.64. The Kier molecular flexibility index (Phi) is 4.32. The van der Waals surface area contributed by atoms with E-state index in [2.05, 4.69) is 0 Å². The zero-order chi connectivity index (χ0) is 15.6. The molecule has 2 aromatic carbocycles. The fourth-order valence-corrected chi connectivity index (χ4v) is 2.09. The number of alkyl halides is 3. The fourth-order valence-electron chi connectivity index (χ4n) is 2.09. The van der Waals surface area contributed by atoms with Crippen LogP contribution in [0.4, 0.5) is 17.6 Å². The van der Waals surface area contributed by atoms with Crippen LogP contribution in [0.25, 0.3) is 0 Å². The van der Waals surface area contributed by atoms with E-state index in [1.54, 1.807) is 25.1 Å². The van der Waals surface area contributed by atoms with Crippen LogP contribution in [0.15, 0.2) is 42.5 Å². The Morgan fingerprint density at radius 3 is 2.43 bits per heavy atom. The number of hydrogen-bond donors (Lipinski definition) is 1. The molecule has 2 aromatic rings. The second-order valence-electron chi connectivity index (χ2n) is 5.02. The molecule has 112 valence electrons. The molecule has 0 aromatic heterocycles. The quantitative estimate of drug-likeness (QED) is 0.835. The van der Waals surface area contributed by atoms with E-state index in [4.69, 9.17) is 5.73 Å². The smallest absolute Gasteiger partial charge is 0.324 e. The standard InChI is InChI=1S/C16H15F4N/c1-10-5-6-12(9-14(10)17)15(21)8-11-3-2-4-13(7-11)16(18,19)20/h2-7,9,15H,8,21H2,1H3. The molecule has 0 saturated carbocycles. The molecule has 0 heterocycles. The fraction of sp³-hybridized carbons (Fsp3) is 0.250. The van der Waals surface area contributed by atoms with Crippen molar-refractivity contribution in [2.75, 3.05) is 0 Å². The van der Waals surface area contributed by atoms with Crippen LogP contribution in [0.3, 0.4) is 0 Å². The van der Waals surface area contributed by atoms with E-state index in [-0.39, 0.29) is 12.2 Å². The van der Waals surface area contributed by atoms with Crippen molar-refractivity contribution >= 4 is 0 Å². The predicted octanol–water partition coefficient (Wildman–Crippen LogP) is 4.40. The second-order valence-corrected chi connectivity index (χ2v) is 5.02. The Balaban J connectivity index is 2.19. The van der Waals surface area contributed by atoms with Crippen LogP contribution in [0.1, 0.15) is 28.3 Å². The Morgan fingerprint density at radius 1 is 1.10 bits per heavy atom. The van der Waals surface area contributed by atoms with Crippen LogP contribution in [-0.2, 0) is 12.6 Å². The van der Waals surface area contributed by atoms with Crippen molar-refractivity contribution in [3.05, 3.63) is 70.5 Å². The molecule has 1 unspecified atom stereocenters. The average molecular weight is 297 g/mol. The van der Waals surface area contributed by atoms with E-state index in [1.165, 1.54) is 12.1 Å². The van der Waals surface area contributed by atoms with E-state index in [9.17, 15) is 17.6 Å². The van der Waals surface area contributed by atoms with Gasteiger partial charge in [-0.05, 0) is 42.2 Å². The molecular weight excluding hydrogens is 282 g/mol. The summed E-state index contributed by atoms with van der Waals surface area (Å²) < 4.78 is 51.4. The maximum atomic E-state index is 13.5. The van der Waals surface area contributed by atoms with Crippen molar-refractivity contribution in [3.63, 3.8) is 0 Å². The number of aryl methyl sites for hydroxylation is 1. The number of halogens is 4. The molecule has 2 rings (SSSR count). The molecule has 0 fully saturated rings. The van der Waals surface area contributed by atoms with Gasteiger partial charge >= 0.3 is 6.18 Å². The van der Waals surface area contributed by atoms with E-state index in [0.717, 1.165) is 12.1 Å². The minimum Gasteiger partial charge on any atom is -0.324 e. The summed E-state index contributed by atoms with van der Waals surface area (Å²) in [6.07, 6.45) is -4.16. The van der Waals surface area contributed by atoms with E-state index in [0.29, 0.717) is 16.7 Å². The lowest BCUT2D eigenvalue weighted by Crippen LogP contribution is -2.14. The third-order valence-electron chi connectivity index (χ3n) is 3.33. The van der Waals surface area contributed by atoms with Gasteiger partial charge in [-0.3, -0.25) is 0 Å². The highest BCUT2D eigenvalue weighted by molar-refractivity contribution is 5.30. The normalized spacial score (nSPS) is 13.2. The van der Waals surface area contributed by atoms with Crippen molar-refractivity contribution in [1.29, 1.82) is 0 Å². The molecule has 0 amide bonds. The summed E-state index contributed by atoms with van der Waals surface area (Å²) in [5.41, 5.74) is 6.79. The molecule has 0 spiro atoms. The highest BCUT2D eigenvalue weighted by Crippen LogP contribution is 2.30. The molecule has 0 saturated heterocycles. The van der Waals surface area contributed by atoms with Gasteiger partial charge in [0, 0.05) is 6.04 Å². The van der Waals surface area contributed by atoms with Crippen LogP contribution in [0.2, 0.25) is 0 Å². The van der Waals surface area contributed by atoms with Gasteiger partial charge in [0.15, 0.2) is 0 Å². The van der Waals surface area contributed by atoms with Gasteiger partial charge in [0.1, 0.15) is 5.82 Å². The van der Waals surface area contributed by atoms with Crippen LogP contribution in [-0.4, -0.2) is 0 Å². The monoisotopic (exact) mass is 297 g/mol. The number of hydrogen-bond acceptors (Lipinski definition) is 1. The first-order valence-corrected chi connectivity index (χ1v) is 6.45. The highest BCUT2D eigenvalue weighted by atomic mass is 19.4. The third kappa shape index (κ3) is 3.82. The van der Waals surface area contributed by atoms with Crippen molar-refractivity contribution in [2.24, 2.45) is 5.73 Å². The molecule has 1 atom stereocenters. The third-order valence-corrected chi connectivity index (χ3v) is 3.33. The Labute approximate surface area is 120 Å². The molecule has 0 radical (unpaired) electrons. The SMILES string of the molecule is Cc1ccc(C(N)Cc2cccc(C(F)(F)F)c2)cc1F. The number of benzene rings is 2. The van der Waals surface area contributed by atoms with Gasteiger partial charge in [-0.1, -0.05) is 30.3 Å². The lowest BCUT2D eigenvalue weighted by Gasteiger charge is -2.14. The zero-order valence-corrected chi connectivity index (χ0v) is 11.4. The van der Waals surface area contributed by atoms with Crippen molar-refractivity contribution < 1.29 is 17.6 Å². The summed E-state index contributed by atoms with van der Waals surface area (Å²) >= 11 is 0. The van der Waals surface area contributed by atoms with E-state index >= 15 is 0 Å². The summed E-state index contributed by atoms with van der Waals surface area (Å²) in [6, 6.07) is 9.09. The molecule has 5 heteroatoms. The van der Waals surface area contributed by atoms with Gasteiger partial charge in [0.25, 0.3) is 0 Å². The molecular formula is C16H15F4N. The van der Waals surface area contributed by atoms with Crippen LogP contribution >= 0.6 is 0 Å². The maximum Gasteiger partial charge on any atom is 0.416 e. The number of rotatable bonds is 3. The Bertz CT molecular complexity index is 634. The molecule has 0 aliphatic heterocycles. The van der Waals surface area contributed by atoms with Gasteiger partial charge in [0.2, 0.25) is 0 Å². The van der Waals surface area contributed by atoms with Gasteiger partial charge in [-0.2, -0.15) is 13.2 Å². The average Bonchev–Trinajstić information content (AvgIpc) is 2.41. The van der Waals surface area contributed by atoms with Crippen LogP contribution in [0.5, 0.6) is 0 Å². The van der Waals surface area contributed by atoms with Gasteiger partial charge in [-0.25, -0.2) is 4.39 Å². The van der Waals surface area contributed by atoms with Gasteiger partial charge < -0.3 is 5.73 Å². The van der Waals surface area contributed by atoms with Crippen molar-refractivity contribution in [1.82, 2.24) is 0 Å². The second kappa shape index (κ2) is 5.85. The van der Waals surface area contributed by atoms with Crippen LogP contribution < -0.4 is 5.73 Å². The van der Waals surface area contributed by atoms with Gasteiger partial charge in [-0.15, -0.1) is 0 Å². The van der Waals surface area contributed by atoms with E-state index in [1.807, 2.05) is 0 Å². The Morgan fingerprint density at radius 2 is 1.81 bits per heavy atom. The first-order valence-electron chi connectivity index (χ1n) is 6.45.